The summed E-state index contributed by atoms with van der Waals surface area (Å²) >= 11 is 3.20. The van der Waals surface area contributed by atoms with Gasteiger partial charge in [0.2, 0.25) is 5.75 Å². The molecule has 120 valence electrons. The highest BCUT2D eigenvalue weighted by Gasteiger charge is 2.19. The van der Waals surface area contributed by atoms with Crippen molar-refractivity contribution in [2.24, 2.45) is 5.10 Å². The number of amides is 1. The average molecular weight is 383 g/mol. The van der Waals surface area contributed by atoms with Gasteiger partial charge in [-0.2, -0.15) is 5.10 Å². The molecule has 0 saturated heterocycles. The molecule has 0 aliphatic rings. The van der Waals surface area contributed by atoms with Crippen molar-refractivity contribution in [3.8, 4) is 11.5 Å². The Hall–Kier alpha value is -2.88. The van der Waals surface area contributed by atoms with Gasteiger partial charge in [-0.15, -0.1) is 0 Å². The molecule has 1 amide bonds. The first-order valence-electron chi connectivity index (χ1n) is 6.15. The van der Waals surface area contributed by atoms with Crippen LogP contribution >= 0.6 is 15.9 Å². The minimum Gasteiger partial charge on any atom is -0.500 e. The molecule has 1 aromatic heterocycles. The van der Waals surface area contributed by atoms with Gasteiger partial charge in [0, 0.05) is 22.3 Å². The zero-order valence-electron chi connectivity index (χ0n) is 11.7. The Kier molecular flexibility index (Phi) is 4.96. The third kappa shape index (κ3) is 3.86. The predicted octanol–water partition coefficient (Wildman–Crippen LogP) is 2.16. The number of nitro benzene ring substituents is 1. The van der Waals surface area contributed by atoms with Crippen LogP contribution in [0, 0.1) is 10.1 Å². The second-order valence-corrected chi connectivity index (χ2v) is 5.19. The number of aromatic amines is 1. The van der Waals surface area contributed by atoms with E-state index in [1.54, 1.807) is 12.3 Å². The molecule has 10 heteroatoms. The zero-order chi connectivity index (χ0) is 17.0. The second kappa shape index (κ2) is 6.92. The normalized spacial score (nSPS) is 10.7. The number of phenols is 1. The molecule has 0 unspecified atom stereocenters. The fourth-order valence-electron chi connectivity index (χ4n) is 1.71. The average Bonchev–Trinajstić information content (AvgIpc) is 2.94. The van der Waals surface area contributed by atoms with Crippen molar-refractivity contribution in [1.29, 1.82) is 0 Å². The molecule has 2 aromatic rings. The van der Waals surface area contributed by atoms with Gasteiger partial charge in [0.15, 0.2) is 5.75 Å². The second-order valence-electron chi connectivity index (χ2n) is 4.28. The van der Waals surface area contributed by atoms with Crippen molar-refractivity contribution in [2.75, 3.05) is 7.11 Å². The molecule has 1 heterocycles. The van der Waals surface area contributed by atoms with E-state index in [0.717, 1.165) is 6.07 Å². The number of ether oxygens (including phenoxy) is 1. The summed E-state index contributed by atoms with van der Waals surface area (Å²) in [7, 11) is 1.27. The largest absolute Gasteiger partial charge is 0.500 e. The van der Waals surface area contributed by atoms with Crippen molar-refractivity contribution in [1.82, 2.24) is 10.4 Å². The van der Waals surface area contributed by atoms with E-state index in [4.69, 9.17) is 4.74 Å². The molecule has 1 aromatic carbocycles. The number of aromatic hydroxyl groups is 1. The van der Waals surface area contributed by atoms with E-state index in [1.807, 2.05) is 0 Å². The van der Waals surface area contributed by atoms with Crippen LogP contribution < -0.4 is 10.2 Å². The summed E-state index contributed by atoms with van der Waals surface area (Å²) in [4.78, 5) is 24.6. The van der Waals surface area contributed by atoms with E-state index >= 15 is 0 Å². The minimum atomic E-state index is -0.746. The highest BCUT2D eigenvalue weighted by molar-refractivity contribution is 9.10. The topological polar surface area (TPSA) is 130 Å². The monoisotopic (exact) mass is 382 g/mol. The number of H-pyrrole nitrogens is 1. The smallest absolute Gasteiger partial charge is 0.315 e. The first kappa shape index (κ1) is 16.5. The van der Waals surface area contributed by atoms with E-state index < -0.39 is 22.3 Å². The zero-order valence-corrected chi connectivity index (χ0v) is 13.3. The van der Waals surface area contributed by atoms with Gasteiger partial charge >= 0.3 is 5.69 Å². The summed E-state index contributed by atoms with van der Waals surface area (Å²) in [6.07, 6.45) is 2.79. The summed E-state index contributed by atoms with van der Waals surface area (Å²) in [5.74, 6) is -1.12. The van der Waals surface area contributed by atoms with Crippen LogP contribution in [0.5, 0.6) is 11.5 Å². The van der Waals surface area contributed by atoms with Gasteiger partial charge in [-0.05, 0) is 28.1 Å². The van der Waals surface area contributed by atoms with Gasteiger partial charge in [-0.1, -0.05) is 0 Å². The van der Waals surface area contributed by atoms with E-state index in [1.165, 1.54) is 19.4 Å². The molecule has 0 bridgehead atoms. The predicted molar refractivity (Wildman–Crippen MR) is 84.9 cm³/mol. The van der Waals surface area contributed by atoms with E-state index in [2.05, 4.69) is 31.4 Å². The van der Waals surface area contributed by atoms with Crippen LogP contribution in [0.1, 0.15) is 16.1 Å². The lowest BCUT2D eigenvalue weighted by Gasteiger charge is -2.05. The first-order valence-corrected chi connectivity index (χ1v) is 6.94. The van der Waals surface area contributed by atoms with Crippen LogP contribution in [0.3, 0.4) is 0 Å². The van der Waals surface area contributed by atoms with Crippen molar-refractivity contribution in [3.05, 3.63) is 50.2 Å². The van der Waals surface area contributed by atoms with E-state index in [-0.39, 0.29) is 11.3 Å². The van der Waals surface area contributed by atoms with E-state index in [9.17, 15) is 20.0 Å². The number of nitrogens with zero attached hydrogens (tertiary/aromatic N) is 2. The van der Waals surface area contributed by atoms with Crippen LogP contribution in [0.4, 0.5) is 5.69 Å². The molecule has 0 saturated carbocycles. The number of hydrogen-bond acceptors (Lipinski definition) is 6. The highest BCUT2D eigenvalue weighted by atomic mass is 79.9. The SMILES string of the molecule is COc1cc(/C=N\NC(=O)c2cc(Br)c[nH]2)cc([N+](=O)[O-])c1O. The lowest BCUT2D eigenvalue weighted by atomic mass is 10.2. The summed E-state index contributed by atoms with van der Waals surface area (Å²) in [5.41, 5.74) is 2.32. The molecule has 0 fully saturated rings. The van der Waals surface area contributed by atoms with Crippen LogP contribution in [-0.2, 0) is 0 Å². The molecule has 0 aliphatic carbocycles. The Morgan fingerprint density at radius 1 is 1.52 bits per heavy atom. The molecule has 9 nitrogen and oxygen atoms in total. The molecular formula is C13H11BrN4O5. The third-order valence-corrected chi connectivity index (χ3v) is 3.22. The molecule has 23 heavy (non-hydrogen) atoms. The fourth-order valence-corrected chi connectivity index (χ4v) is 2.05. The molecule has 0 spiro atoms. The van der Waals surface area contributed by atoms with Gasteiger partial charge in [-0.3, -0.25) is 14.9 Å². The van der Waals surface area contributed by atoms with Gasteiger partial charge in [-0.25, -0.2) is 5.43 Å². The van der Waals surface area contributed by atoms with Gasteiger partial charge < -0.3 is 14.8 Å². The maximum Gasteiger partial charge on any atom is 0.315 e. The van der Waals surface area contributed by atoms with Crippen molar-refractivity contribution >= 4 is 33.7 Å². The Bertz CT molecular complexity index is 787. The summed E-state index contributed by atoms with van der Waals surface area (Å²) in [6, 6.07) is 4.03. The number of phenolic OH excluding ortho intramolecular Hbond substituents is 1. The van der Waals surface area contributed by atoms with Crippen molar-refractivity contribution < 1.29 is 19.6 Å². The molecule has 0 aliphatic heterocycles. The van der Waals surface area contributed by atoms with Crippen LogP contribution in [0.25, 0.3) is 0 Å². The quantitative estimate of drug-likeness (QED) is 0.414. The number of methoxy groups -OCH3 is 1. The Balaban J connectivity index is 2.17. The number of nitro groups is 1. The van der Waals surface area contributed by atoms with Crippen LogP contribution in [0.2, 0.25) is 0 Å². The number of carbonyl (C=O) groups excluding carboxylic acids is 1. The lowest BCUT2D eigenvalue weighted by Crippen LogP contribution is -2.17. The highest BCUT2D eigenvalue weighted by Crippen LogP contribution is 2.36. The molecule has 0 atom stereocenters. The summed E-state index contributed by atoms with van der Waals surface area (Å²) in [5, 5.41) is 24.3. The molecular weight excluding hydrogens is 372 g/mol. The van der Waals surface area contributed by atoms with Gasteiger partial charge in [0.1, 0.15) is 5.69 Å². The number of halogens is 1. The third-order valence-electron chi connectivity index (χ3n) is 2.77. The Labute approximate surface area is 138 Å². The number of nitrogens with one attached hydrogen (secondary N) is 2. The number of hydrazone groups is 1. The van der Waals surface area contributed by atoms with Gasteiger partial charge in [0.25, 0.3) is 5.91 Å². The lowest BCUT2D eigenvalue weighted by molar-refractivity contribution is -0.386. The van der Waals surface area contributed by atoms with Crippen LogP contribution in [-0.4, -0.2) is 34.2 Å². The molecule has 3 N–H and O–H groups in total. The fraction of sp³-hybridized carbons (Fsp3) is 0.0769. The number of carbonyl (C=O) groups is 1. The first-order chi connectivity index (χ1) is 10.9. The maximum absolute atomic E-state index is 11.8. The number of benzene rings is 1. The molecule has 2 rings (SSSR count). The summed E-state index contributed by atoms with van der Waals surface area (Å²) < 4.78 is 5.58. The van der Waals surface area contributed by atoms with Crippen LogP contribution in [0.15, 0.2) is 34.0 Å². The molecule has 0 radical (unpaired) electrons. The van der Waals surface area contributed by atoms with Crippen molar-refractivity contribution in [2.45, 2.75) is 0 Å². The Morgan fingerprint density at radius 2 is 2.26 bits per heavy atom. The van der Waals surface area contributed by atoms with Gasteiger partial charge in [0.05, 0.1) is 18.2 Å². The summed E-state index contributed by atoms with van der Waals surface area (Å²) in [6.45, 7) is 0. The Morgan fingerprint density at radius 3 is 2.83 bits per heavy atom. The van der Waals surface area contributed by atoms with E-state index in [0.29, 0.717) is 10.2 Å². The van der Waals surface area contributed by atoms with Crippen molar-refractivity contribution in [3.63, 3.8) is 0 Å². The minimum absolute atomic E-state index is 0.0692. The number of aromatic nitrogens is 1. The maximum atomic E-state index is 11.8. The number of rotatable bonds is 5. The standard InChI is InChI=1S/C13H11BrN4O5/c1-23-11-3-7(2-10(12(11)19)18(21)22)5-16-17-13(20)9-4-8(14)6-15-9/h2-6,15,19H,1H3,(H,17,20)/b16-5-. The number of hydrogen-bond donors (Lipinski definition) is 3.